The minimum absolute atomic E-state index is 0.114. The van der Waals surface area contributed by atoms with Crippen molar-refractivity contribution in [3.63, 3.8) is 0 Å². The maximum atomic E-state index is 11.6. The smallest absolute Gasteiger partial charge is 0.237 e. The zero-order chi connectivity index (χ0) is 12.1. The number of rotatable bonds is 5. The molecule has 1 heterocycles. The van der Waals surface area contributed by atoms with Crippen LogP contribution in [0.2, 0.25) is 0 Å². The van der Waals surface area contributed by atoms with Gasteiger partial charge in [-0.3, -0.25) is 4.79 Å². The van der Waals surface area contributed by atoms with Gasteiger partial charge in [-0.1, -0.05) is 13.8 Å². The van der Waals surface area contributed by atoms with Gasteiger partial charge in [0.2, 0.25) is 5.91 Å². The summed E-state index contributed by atoms with van der Waals surface area (Å²) in [4.78, 5) is 15.7. The first-order valence-corrected chi connectivity index (χ1v) is 5.50. The number of carbonyl (C=O) groups is 1. The Balaban J connectivity index is 2.38. The van der Waals surface area contributed by atoms with Gasteiger partial charge in [0.05, 0.1) is 12.6 Å². The molecule has 1 atom stereocenters. The SMILES string of the molecule is CC(C)C[C@H](N)C(=O)NCc1nccn1C. The summed E-state index contributed by atoms with van der Waals surface area (Å²) in [6.07, 6.45) is 4.25. The fourth-order valence-corrected chi connectivity index (χ4v) is 1.48. The lowest BCUT2D eigenvalue weighted by atomic mass is 10.0. The molecule has 1 aromatic rings. The van der Waals surface area contributed by atoms with Gasteiger partial charge in [0.15, 0.2) is 0 Å². The highest BCUT2D eigenvalue weighted by atomic mass is 16.2. The Morgan fingerprint density at radius 2 is 2.31 bits per heavy atom. The number of nitrogens with one attached hydrogen (secondary N) is 1. The molecule has 0 bridgehead atoms. The van der Waals surface area contributed by atoms with Gasteiger partial charge in [-0.2, -0.15) is 0 Å². The highest BCUT2D eigenvalue weighted by Gasteiger charge is 2.14. The minimum Gasteiger partial charge on any atom is -0.348 e. The van der Waals surface area contributed by atoms with Crippen LogP contribution in [0.15, 0.2) is 12.4 Å². The molecule has 0 saturated carbocycles. The molecule has 3 N–H and O–H groups in total. The van der Waals surface area contributed by atoms with Crippen molar-refractivity contribution in [2.24, 2.45) is 18.7 Å². The zero-order valence-electron chi connectivity index (χ0n) is 10.1. The summed E-state index contributed by atoms with van der Waals surface area (Å²) in [5, 5.41) is 2.78. The zero-order valence-corrected chi connectivity index (χ0v) is 10.1. The van der Waals surface area contributed by atoms with E-state index in [-0.39, 0.29) is 5.91 Å². The second-order valence-electron chi connectivity index (χ2n) is 4.41. The summed E-state index contributed by atoms with van der Waals surface area (Å²) in [6, 6.07) is -0.430. The van der Waals surface area contributed by atoms with Gasteiger partial charge < -0.3 is 15.6 Å². The Labute approximate surface area is 96.0 Å². The number of hydrogen-bond acceptors (Lipinski definition) is 3. The van der Waals surface area contributed by atoms with Gasteiger partial charge >= 0.3 is 0 Å². The molecule has 5 nitrogen and oxygen atoms in total. The van der Waals surface area contributed by atoms with Crippen LogP contribution in [-0.4, -0.2) is 21.5 Å². The van der Waals surface area contributed by atoms with E-state index in [1.807, 2.05) is 31.7 Å². The van der Waals surface area contributed by atoms with Crippen LogP contribution in [0.5, 0.6) is 0 Å². The van der Waals surface area contributed by atoms with Crippen molar-refractivity contribution >= 4 is 5.91 Å². The van der Waals surface area contributed by atoms with Gasteiger partial charge in [-0.15, -0.1) is 0 Å². The van der Waals surface area contributed by atoms with Crippen molar-refractivity contribution in [1.29, 1.82) is 0 Å². The van der Waals surface area contributed by atoms with E-state index < -0.39 is 6.04 Å². The third-order valence-corrected chi connectivity index (χ3v) is 2.40. The summed E-state index contributed by atoms with van der Waals surface area (Å²) in [7, 11) is 1.89. The fraction of sp³-hybridized carbons (Fsp3) is 0.636. The second-order valence-corrected chi connectivity index (χ2v) is 4.41. The van der Waals surface area contributed by atoms with Crippen LogP contribution in [0.4, 0.5) is 0 Å². The first-order chi connectivity index (χ1) is 7.50. The van der Waals surface area contributed by atoms with Gasteiger partial charge in [0.1, 0.15) is 5.82 Å². The van der Waals surface area contributed by atoms with Crippen molar-refractivity contribution in [2.45, 2.75) is 32.9 Å². The van der Waals surface area contributed by atoms with Crippen LogP contribution in [-0.2, 0) is 18.4 Å². The van der Waals surface area contributed by atoms with Crippen molar-refractivity contribution in [3.05, 3.63) is 18.2 Å². The fourth-order valence-electron chi connectivity index (χ4n) is 1.48. The highest BCUT2D eigenvalue weighted by molar-refractivity contribution is 5.81. The van der Waals surface area contributed by atoms with E-state index in [1.165, 1.54) is 0 Å². The number of carbonyl (C=O) groups excluding carboxylic acids is 1. The summed E-state index contributed by atoms with van der Waals surface area (Å²) in [5.74, 6) is 1.13. The van der Waals surface area contributed by atoms with Crippen molar-refractivity contribution < 1.29 is 4.79 Å². The first kappa shape index (κ1) is 12.7. The molecule has 0 aliphatic heterocycles. The number of hydrogen-bond donors (Lipinski definition) is 2. The van der Waals surface area contributed by atoms with Crippen molar-refractivity contribution in [3.8, 4) is 0 Å². The molecule has 0 unspecified atom stereocenters. The molecule has 0 saturated heterocycles. The molecule has 0 aliphatic carbocycles. The Hall–Kier alpha value is -1.36. The van der Waals surface area contributed by atoms with E-state index in [0.29, 0.717) is 18.9 Å². The average molecular weight is 224 g/mol. The van der Waals surface area contributed by atoms with E-state index >= 15 is 0 Å². The van der Waals surface area contributed by atoms with Gasteiger partial charge in [-0.25, -0.2) is 4.98 Å². The quantitative estimate of drug-likeness (QED) is 0.761. The van der Waals surface area contributed by atoms with Crippen LogP contribution in [0.3, 0.4) is 0 Å². The lowest BCUT2D eigenvalue weighted by Gasteiger charge is -2.13. The van der Waals surface area contributed by atoms with Crippen LogP contribution in [0, 0.1) is 5.92 Å². The molecule has 0 spiro atoms. The largest absolute Gasteiger partial charge is 0.348 e. The Bertz CT molecular complexity index is 346. The molecule has 0 radical (unpaired) electrons. The number of amides is 1. The van der Waals surface area contributed by atoms with Crippen LogP contribution in [0.1, 0.15) is 26.1 Å². The number of nitrogens with zero attached hydrogens (tertiary/aromatic N) is 2. The molecule has 0 aliphatic rings. The van der Waals surface area contributed by atoms with E-state index in [9.17, 15) is 4.79 Å². The maximum Gasteiger partial charge on any atom is 0.237 e. The van der Waals surface area contributed by atoms with Gasteiger partial charge in [0, 0.05) is 19.4 Å². The van der Waals surface area contributed by atoms with Crippen molar-refractivity contribution in [2.75, 3.05) is 0 Å². The lowest BCUT2D eigenvalue weighted by molar-refractivity contribution is -0.122. The molecule has 90 valence electrons. The average Bonchev–Trinajstić information content (AvgIpc) is 2.59. The Kier molecular flexibility index (Phi) is 4.49. The third-order valence-electron chi connectivity index (χ3n) is 2.40. The Morgan fingerprint density at radius 1 is 1.62 bits per heavy atom. The number of aromatic nitrogens is 2. The topological polar surface area (TPSA) is 72.9 Å². The normalized spacial score (nSPS) is 12.8. The second kappa shape index (κ2) is 5.65. The summed E-state index contributed by atoms with van der Waals surface area (Å²) >= 11 is 0. The summed E-state index contributed by atoms with van der Waals surface area (Å²) in [5.41, 5.74) is 5.76. The highest BCUT2D eigenvalue weighted by Crippen LogP contribution is 2.02. The predicted molar refractivity (Wildman–Crippen MR) is 62.5 cm³/mol. The summed E-state index contributed by atoms with van der Waals surface area (Å²) in [6.45, 7) is 4.52. The molecule has 5 heteroatoms. The van der Waals surface area contributed by atoms with E-state index in [4.69, 9.17) is 5.73 Å². The molecule has 0 fully saturated rings. The summed E-state index contributed by atoms with van der Waals surface area (Å²) < 4.78 is 1.87. The Morgan fingerprint density at radius 3 is 2.81 bits per heavy atom. The molecule has 1 rings (SSSR count). The standard InChI is InChI=1S/C11H20N4O/c1-8(2)6-9(12)11(16)14-7-10-13-4-5-15(10)3/h4-5,8-9H,6-7,12H2,1-3H3,(H,14,16)/t9-/m0/s1. The van der Waals surface area contributed by atoms with Crippen LogP contribution < -0.4 is 11.1 Å². The van der Waals surface area contributed by atoms with E-state index in [2.05, 4.69) is 10.3 Å². The monoisotopic (exact) mass is 224 g/mol. The van der Waals surface area contributed by atoms with Crippen LogP contribution >= 0.6 is 0 Å². The third kappa shape index (κ3) is 3.66. The minimum atomic E-state index is -0.430. The molecular formula is C11H20N4O. The molecular weight excluding hydrogens is 204 g/mol. The lowest BCUT2D eigenvalue weighted by Crippen LogP contribution is -2.41. The van der Waals surface area contributed by atoms with Gasteiger partial charge in [-0.05, 0) is 12.3 Å². The number of imidazole rings is 1. The van der Waals surface area contributed by atoms with E-state index in [0.717, 1.165) is 5.82 Å². The first-order valence-electron chi connectivity index (χ1n) is 5.50. The number of nitrogens with two attached hydrogens (primary N) is 1. The van der Waals surface area contributed by atoms with Crippen molar-refractivity contribution in [1.82, 2.24) is 14.9 Å². The van der Waals surface area contributed by atoms with E-state index in [1.54, 1.807) is 6.20 Å². The molecule has 0 aromatic carbocycles. The van der Waals surface area contributed by atoms with Crippen LogP contribution in [0.25, 0.3) is 0 Å². The van der Waals surface area contributed by atoms with Gasteiger partial charge in [0.25, 0.3) is 0 Å². The molecule has 1 aromatic heterocycles. The molecule has 16 heavy (non-hydrogen) atoms. The molecule has 1 amide bonds. The number of aryl methyl sites for hydroxylation is 1. The predicted octanol–water partition coefficient (Wildman–Crippen LogP) is 0.410. The maximum absolute atomic E-state index is 11.6.